The standard InChI is InChI=1S/C7H16O4/c1-10-6-7(2-3-8)11-5-4-9/h7-9H,2-6H2,1H3/t7-/m0/s1. The lowest BCUT2D eigenvalue weighted by molar-refractivity contribution is -0.0259. The van der Waals surface area contributed by atoms with Crippen molar-refractivity contribution in [2.75, 3.05) is 33.5 Å². The molecule has 68 valence electrons. The third-order valence-electron chi connectivity index (χ3n) is 1.25. The van der Waals surface area contributed by atoms with Gasteiger partial charge in [-0.2, -0.15) is 0 Å². The summed E-state index contributed by atoms with van der Waals surface area (Å²) in [5.74, 6) is 0. The van der Waals surface area contributed by atoms with E-state index >= 15 is 0 Å². The first-order valence-electron chi connectivity index (χ1n) is 3.67. The van der Waals surface area contributed by atoms with Gasteiger partial charge in [0.25, 0.3) is 0 Å². The summed E-state index contributed by atoms with van der Waals surface area (Å²) in [7, 11) is 1.58. The van der Waals surface area contributed by atoms with Crippen molar-refractivity contribution in [1.82, 2.24) is 0 Å². The van der Waals surface area contributed by atoms with E-state index in [1.807, 2.05) is 0 Å². The fourth-order valence-corrected chi connectivity index (χ4v) is 0.764. The first-order chi connectivity index (χ1) is 5.35. The monoisotopic (exact) mass is 164 g/mol. The summed E-state index contributed by atoms with van der Waals surface area (Å²) < 4.78 is 9.97. The second-order valence-corrected chi connectivity index (χ2v) is 2.18. The molecule has 1 atom stereocenters. The van der Waals surface area contributed by atoms with Gasteiger partial charge in [0.15, 0.2) is 0 Å². The van der Waals surface area contributed by atoms with Crippen molar-refractivity contribution >= 4 is 0 Å². The van der Waals surface area contributed by atoms with Crippen LogP contribution in [0.25, 0.3) is 0 Å². The van der Waals surface area contributed by atoms with Gasteiger partial charge in [-0.3, -0.25) is 0 Å². The number of hydrogen-bond acceptors (Lipinski definition) is 4. The second kappa shape index (κ2) is 7.94. The molecule has 0 unspecified atom stereocenters. The Bertz CT molecular complexity index is 70.8. The normalized spacial score (nSPS) is 13.4. The number of aliphatic hydroxyl groups excluding tert-OH is 2. The molecule has 0 spiro atoms. The smallest absolute Gasteiger partial charge is 0.0831 e. The van der Waals surface area contributed by atoms with Crippen LogP contribution in [0.3, 0.4) is 0 Å². The number of hydrogen-bond donors (Lipinski definition) is 2. The van der Waals surface area contributed by atoms with Gasteiger partial charge < -0.3 is 19.7 Å². The quantitative estimate of drug-likeness (QED) is 0.527. The van der Waals surface area contributed by atoms with Gasteiger partial charge in [-0.15, -0.1) is 0 Å². The van der Waals surface area contributed by atoms with Crippen molar-refractivity contribution < 1.29 is 19.7 Å². The van der Waals surface area contributed by atoms with E-state index in [9.17, 15) is 0 Å². The predicted octanol–water partition coefficient (Wildman–Crippen LogP) is -0.607. The molecule has 0 saturated carbocycles. The lowest BCUT2D eigenvalue weighted by Crippen LogP contribution is -2.22. The van der Waals surface area contributed by atoms with Crippen LogP contribution in [0.2, 0.25) is 0 Å². The molecule has 0 aromatic heterocycles. The van der Waals surface area contributed by atoms with Crippen LogP contribution in [0.15, 0.2) is 0 Å². The first-order valence-corrected chi connectivity index (χ1v) is 3.67. The molecule has 0 aromatic carbocycles. The Morgan fingerprint density at radius 3 is 2.45 bits per heavy atom. The van der Waals surface area contributed by atoms with E-state index in [1.165, 1.54) is 0 Å². The SMILES string of the molecule is COC[C@H](CCO)OCCO. The van der Waals surface area contributed by atoms with Crippen molar-refractivity contribution in [2.24, 2.45) is 0 Å². The van der Waals surface area contributed by atoms with E-state index in [0.29, 0.717) is 19.6 Å². The van der Waals surface area contributed by atoms with Crippen molar-refractivity contribution in [2.45, 2.75) is 12.5 Å². The van der Waals surface area contributed by atoms with Crippen LogP contribution in [0, 0.1) is 0 Å². The van der Waals surface area contributed by atoms with Crippen LogP contribution < -0.4 is 0 Å². The van der Waals surface area contributed by atoms with E-state index in [4.69, 9.17) is 19.7 Å². The molecule has 4 nitrogen and oxygen atoms in total. The lowest BCUT2D eigenvalue weighted by atomic mass is 10.3. The number of rotatable bonds is 7. The molecule has 0 fully saturated rings. The van der Waals surface area contributed by atoms with Gasteiger partial charge in [-0.25, -0.2) is 0 Å². The van der Waals surface area contributed by atoms with Crippen LogP contribution >= 0.6 is 0 Å². The Balaban J connectivity index is 3.34. The minimum Gasteiger partial charge on any atom is -0.396 e. The topological polar surface area (TPSA) is 58.9 Å². The predicted molar refractivity (Wildman–Crippen MR) is 40.4 cm³/mol. The Hall–Kier alpha value is -0.160. The summed E-state index contributed by atoms with van der Waals surface area (Å²) in [5.41, 5.74) is 0. The maximum absolute atomic E-state index is 8.56. The second-order valence-electron chi connectivity index (χ2n) is 2.18. The third kappa shape index (κ3) is 6.25. The van der Waals surface area contributed by atoms with E-state index in [-0.39, 0.29) is 19.3 Å². The van der Waals surface area contributed by atoms with E-state index in [1.54, 1.807) is 7.11 Å². The van der Waals surface area contributed by atoms with Crippen LogP contribution in [-0.2, 0) is 9.47 Å². The molecule has 0 saturated heterocycles. The Labute approximate surface area is 66.7 Å². The van der Waals surface area contributed by atoms with E-state index in [2.05, 4.69) is 0 Å². The number of ether oxygens (including phenoxy) is 2. The highest BCUT2D eigenvalue weighted by Gasteiger charge is 2.06. The minimum absolute atomic E-state index is 0.00560. The zero-order valence-electron chi connectivity index (χ0n) is 6.82. The van der Waals surface area contributed by atoms with Crippen molar-refractivity contribution in [3.05, 3.63) is 0 Å². The largest absolute Gasteiger partial charge is 0.396 e. The summed E-state index contributed by atoms with van der Waals surface area (Å²) >= 11 is 0. The van der Waals surface area contributed by atoms with E-state index < -0.39 is 0 Å². The molecular formula is C7H16O4. The molecule has 2 N–H and O–H groups in total. The fourth-order valence-electron chi connectivity index (χ4n) is 0.764. The molecule has 0 aliphatic carbocycles. The average Bonchev–Trinajstić information content (AvgIpc) is 2.01. The molecule has 0 aromatic rings. The average molecular weight is 164 g/mol. The molecule has 4 heteroatoms. The number of aliphatic hydroxyl groups is 2. The highest BCUT2D eigenvalue weighted by molar-refractivity contribution is 4.54. The highest BCUT2D eigenvalue weighted by Crippen LogP contribution is 1.97. The summed E-state index contributed by atoms with van der Waals surface area (Å²) in [4.78, 5) is 0. The van der Waals surface area contributed by atoms with Gasteiger partial charge in [0, 0.05) is 13.7 Å². The summed E-state index contributed by atoms with van der Waals surface area (Å²) in [6, 6.07) is 0. The minimum atomic E-state index is -0.0999. The Morgan fingerprint density at radius 2 is 2.00 bits per heavy atom. The molecule has 0 aliphatic rings. The zero-order valence-corrected chi connectivity index (χ0v) is 6.82. The molecule has 0 rings (SSSR count). The van der Waals surface area contributed by atoms with Crippen LogP contribution in [0.5, 0.6) is 0 Å². The van der Waals surface area contributed by atoms with Gasteiger partial charge in [0.1, 0.15) is 0 Å². The Kier molecular flexibility index (Phi) is 7.83. The number of methoxy groups -OCH3 is 1. The van der Waals surface area contributed by atoms with Crippen molar-refractivity contribution in [1.29, 1.82) is 0 Å². The Morgan fingerprint density at radius 1 is 1.27 bits per heavy atom. The third-order valence-corrected chi connectivity index (χ3v) is 1.25. The van der Waals surface area contributed by atoms with Crippen molar-refractivity contribution in [3.63, 3.8) is 0 Å². The molecule has 0 bridgehead atoms. The van der Waals surface area contributed by atoms with Gasteiger partial charge in [0.05, 0.1) is 25.9 Å². The van der Waals surface area contributed by atoms with Crippen molar-refractivity contribution in [3.8, 4) is 0 Å². The molecule has 0 radical (unpaired) electrons. The molecule has 0 heterocycles. The van der Waals surface area contributed by atoms with Gasteiger partial charge in [-0.1, -0.05) is 0 Å². The zero-order chi connectivity index (χ0) is 8.53. The molecule has 0 amide bonds. The molecule has 11 heavy (non-hydrogen) atoms. The van der Waals surface area contributed by atoms with Gasteiger partial charge >= 0.3 is 0 Å². The van der Waals surface area contributed by atoms with E-state index in [0.717, 1.165) is 0 Å². The van der Waals surface area contributed by atoms with Crippen LogP contribution in [-0.4, -0.2) is 49.9 Å². The van der Waals surface area contributed by atoms with Gasteiger partial charge in [0.2, 0.25) is 0 Å². The molecule has 0 aliphatic heterocycles. The summed E-state index contributed by atoms with van der Waals surface area (Å²) in [5, 5.41) is 17.0. The van der Waals surface area contributed by atoms with Crippen LogP contribution in [0.4, 0.5) is 0 Å². The molecular weight excluding hydrogens is 148 g/mol. The van der Waals surface area contributed by atoms with Gasteiger partial charge in [-0.05, 0) is 6.42 Å². The summed E-state index contributed by atoms with van der Waals surface area (Å²) in [6.45, 7) is 0.847. The maximum Gasteiger partial charge on any atom is 0.0831 e. The highest BCUT2D eigenvalue weighted by atomic mass is 16.5. The summed E-state index contributed by atoms with van der Waals surface area (Å²) in [6.07, 6.45) is 0.450. The maximum atomic E-state index is 8.56. The fraction of sp³-hybridized carbons (Fsp3) is 1.00. The lowest BCUT2D eigenvalue weighted by Gasteiger charge is -2.14. The van der Waals surface area contributed by atoms with Crippen LogP contribution in [0.1, 0.15) is 6.42 Å². The first kappa shape index (κ1) is 10.8.